The summed E-state index contributed by atoms with van der Waals surface area (Å²) in [6.07, 6.45) is 1.000. The largest absolute Gasteiger partial charge is 0.489 e. The van der Waals surface area contributed by atoms with Crippen LogP contribution in [0.15, 0.2) is 52.9 Å². The molecule has 0 aliphatic carbocycles. The SMILES string of the molecule is CCc1cccc(OCc2c(CN)oc3ccccc23)c1. The molecule has 0 atom stereocenters. The van der Waals surface area contributed by atoms with E-state index >= 15 is 0 Å². The van der Waals surface area contributed by atoms with Crippen molar-refractivity contribution in [3.8, 4) is 5.75 Å². The fourth-order valence-electron chi connectivity index (χ4n) is 2.48. The van der Waals surface area contributed by atoms with Gasteiger partial charge in [-0.25, -0.2) is 0 Å². The first kappa shape index (κ1) is 13.7. The first-order valence-electron chi connectivity index (χ1n) is 7.23. The van der Waals surface area contributed by atoms with Gasteiger partial charge < -0.3 is 14.9 Å². The molecule has 0 fully saturated rings. The van der Waals surface area contributed by atoms with Crippen LogP contribution in [0.25, 0.3) is 11.0 Å². The Hall–Kier alpha value is -2.26. The maximum atomic E-state index is 5.93. The lowest BCUT2D eigenvalue weighted by atomic mass is 10.1. The van der Waals surface area contributed by atoms with Gasteiger partial charge in [0, 0.05) is 10.9 Å². The molecule has 3 nitrogen and oxygen atoms in total. The Morgan fingerprint density at radius 3 is 2.76 bits per heavy atom. The molecule has 3 aromatic rings. The van der Waals surface area contributed by atoms with E-state index in [1.807, 2.05) is 36.4 Å². The van der Waals surface area contributed by atoms with Gasteiger partial charge in [0.2, 0.25) is 0 Å². The van der Waals surface area contributed by atoms with E-state index in [0.717, 1.165) is 34.5 Å². The topological polar surface area (TPSA) is 48.4 Å². The standard InChI is InChI=1S/C18H19NO2/c1-2-13-6-5-7-14(10-13)20-12-16-15-8-3-4-9-17(15)21-18(16)11-19/h3-10H,2,11-12,19H2,1H3. The van der Waals surface area contributed by atoms with Gasteiger partial charge in [0.1, 0.15) is 23.7 Å². The molecule has 0 aliphatic heterocycles. The molecule has 0 aliphatic rings. The predicted octanol–water partition coefficient (Wildman–Crippen LogP) is 4.03. The summed E-state index contributed by atoms with van der Waals surface area (Å²) in [5.74, 6) is 1.67. The van der Waals surface area contributed by atoms with Gasteiger partial charge in [0.15, 0.2) is 0 Å². The maximum Gasteiger partial charge on any atom is 0.134 e. The Morgan fingerprint density at radius 2 is 1.95 bits per heavy atom. The molecule has 0 saturated heterocycles. The lowest BCUT2D eigenvalue weighted by Gasteiger charge is -2.07. The van der Waals surface area contributed by atoms with Crippen LogP contribution in [-0.2, 0) is 19.6 Å². The number of benzene rings is 2. The van der Waals surface area contributed by atoms with Gasteiger partial charge in [0.05, 0.1) is 6.54 Å². The molecule has 1 heterocycles. The van der Waals surface area contributed by atoms with Gasteiger partial charge in [-0.1, -0.05) is 37.3 Å². The zero-order valence-corrected chi connectivity index (χ0v) is 12.1. The molecule has 108 valence electrons. The first-order valence-corrected chi connectivity index (χ1v) is 7.23. The van der Waals surface area contributed by atoms with Gasteiger partial charge in [-0.3, -0.25) is 0 Å². The van der Waals surface area contributed by atoms with E-state index in [1.54, 1.807) is 0 Å². The minimum Gasteiger partial charge on any atom is -0.489 e. The van der Waals surface area contributed by atoms with Crippen molar-refractivity contribution >= 4 is 11.0 Å². The molecule has 0 saturated carbocycles. The number of hydrogen-bond donors (Lipinski definition) is 1. The lowest BCUT2D eigenvalue weighted by molar-refractivity contribution is 0.303. The highest BCUT2D eigenvalue weighted by atomic mass is 16.5. The van der Waals surface area contributed by atoms with Gasteiger partial charge in [-0.15, -0.1) is 0 Å². The van der Waals surface area contributed by atoms with Crippen molar-refractivity contribution in [3.05, 3.63) is 65.4 Å². The molecule has 3 heteroatoms. The van der Waals surface area contributed by atoms with Gasteiger partial charge in [-0.05, 0) is 30.2 Å². The zero-order chi connectivity index (χ0) is 14.7. The highest BCUT2D eigenvalue weighted by Crippen LogP contribution is 2.27. The second kappa shape index (κ2) is 6.02. The predicted molar refractivity (Wildman–Crippen MR) is 84.3 cm³/mol. The third-order valence-electron chi connectivity index (χ3n) is 3.66. The summed E-state index contributed by atoms with van der Waals surface area (Å²) in [6, 6.07) is 16.1. The molecule has 2 N–H and O–H groups in total. The molecular weight excluding hydrogens is 262 g/mol. The maximum absolute atomic E-state index is 5.93. The van der Waals surface area contributed by atoms with E-state index in [1.165, 1.54) is 5.56 Å². The van der Waals surface area contributed by atoms with Crippen LogP contribution in [0.3, 0.4) is 0 Å². The van der Waals surface area contributed by atoms with E-state index in [2.05, 4.69) is 19.1 Å². The van der Waals surface area contributed by atoms with Crippen LogP contribution in [0.2, 0.25) is 0 Å². The molecule has 0 bridgehead atoms. The quantitative estimate of drug-likeness (QED) is 0.768. The summed E-state index contributed by atoms with van der Waals surface area (Å²) in [6.45, 7) is 2.98. The Bertz CT molecular complexity index is 746. The molecule has 2 aromatic carbocycles. The zero-order valence-electron chi connectivity index (χ0n) is 12.1. The fraction of sp³-hybridized carbons (Fsp3) is 0.222. The summed E-state index contributed by atoms with van der Waals surface area (Å²) >= 11 is 0. The van der Waals surface area contributed by atoms with Crippen LogP contribution in [0.5, 0.6) is 5.75 Å². The highest BCUT2D eigenvalue weighted by Gasteiger charge is 2.13. The second-order valence-corrected chi connectivity index (χ2v) is 4.99. The third kappa shape index (κ3) is 2.78. The second-order valence-electron chi connectivity index (χ2n) is 4.99. The summed E-state index contributed by atoms with van der Waals surface area (Å²) < 4.78 is 11.7. The van der Waals surface area contributed by atoms with E-state index in [4.69, 9.17) is 14.9 Å². The van der Waals surface area contributed by atoms with Crippen LogP contribution >= 0.6 is 0 Å². The van der Waals surface area contributed by atoms with Gasteiger partial charge >= 0.3 is 0 Å². The van der Waals surface area contributed by atoms with Crippen molar-refractivity contribution in [2.45, 2.75) is 26.5 Å². The fourth-order valence-corrected chi connectivity index (χ4v) is 2.48. The molecule has 21 heavy (non-hydrogen) atoms. The number of ether oxygens (including phenoxy) is 1. The number of fused-ring (bicyclic) bond motifs is 1. The van der Waals surface area contributed by atoms with E-state index < -0.39 is 0 Å². The summed E-state index contributed by atoms with van der Waals surface area (Å²) in [5.41, 5.74) is 8.94. The monoisotopic (exact) mass is 281 g/mol. The van der Waals surface area contributed by atoms with Gasteiger partial charge in [0.25, 0.3) is 0 Å². The van der Waals surface area contributed by atoms with E-state index in [-0.39, 0.29) is 0 Å². The van der Waals surface area contributed by atoms with Gasteiger partial charge in [-0.2, -0.15) is 0 Å². The number of aryl methyl sites for hydroxylation is 1. The Morgan fingerprint density at radius 1 is 1.10 bits per heavy atom. The average Bonchev–Trinajstić information content (AvgIpc) is 2.91. The smallest absolute Gasteiger partial charge is 0.134 e. The lowest BCUT2D eigenvalue weighted by Crippen LogP contribution is -2.02. The molecule has 0 radical (unpaired) electrons. The van der Waals surface area contributed by atoms with Crippen LogP contribution in [0.4, 0.5) is 0 Å². The van der Waals surface area contributed by atoms with Crippen molar-refractivity contribution in [3.63, 3.8) is 0 Å². The number of para-hydroxylation sites is 1. The van der Waals surface area contributed by atoms with Crippen LogP contribution in [0, 0.1) is 0 Å². The minimum absolute atomic E-state index is 0.377. The van der Waals surface area contributed by atoms with Crippen molar-refractivity contribution in [2.75, 3.05) is 0 Å². The number of hydrogen-bond acceptors (Lipinski definition) is 3. The molecule has 0 amide bonds. The summed E-state index contributed by atoms with van der Waals surface area (Å²) in [5, 5.41) is 1.07. The van der Waals surface area contributed by atoms with Crippen molar-refractivity contribution in [2.24, 2.45) is 5.73 Å². The Labute approximate surface area is 124 Å². The highest BCUT2D eigenvalue weighted by molar-refractivity contribution is 5.82. The van der Waals surface area contributed by atoms with E-state index in [0.29, 0.717) is 13.2 Å². The number of nitrogens with two attached hydrogens (primary N) is 1. The third-order valence-corrected chi connectivity index (χ3v) is 3.66. The van der Waals surface area contributed by atoms with Crippen LogP contribution in [-0.4, -0.2) is 0 Å². The van der Waals surface area contributed by atoms with Crippen molar-refractivity contribution in [1.82, 2.24) is 0 Å². The van der Waals surface area contributed by atoms with Crippen molar-refractivity contribution < 1.29 is 9.15 Å². The summed E-state index contributed by atoms with van der Waals surface area (Å²) in [7, 11) is 0. The Kier molecular flexibility index (Phi) is 3.93. The summed E-state index contributed by atoms with van der Waals surface area (Å²) in [4.78, 5) is 0. The molecule has 0 spiro atoms. The molecule has 0 unspecified atom stereocenters. The normalized spacial score (nSPS) is 11.0. The molecule has 1 aromatic heterocycles. The van der Waals surface area contributed by atoms with Crippen molar-refractivity contribution in [1.29, 1.82) is 0 Å². The Balaban J connectivity index is 1.87. The molecular formula is C18H19NO2. The van der Waals surface area contributed by atoms with Crippen LogP contribution < -0.4 is 10.5 Å². The minimum atomic E-state index is 0.377. The molecule has 3 rings (SSSR count). The number of furan rings is 1. The first-order chi connectivity index (χ1) is 10.3. The van der Waals surface area contributed by atoms with Crippen LogP contribution in [0.1, 0.15) is 23.8 Å². The number of rotatable bonds is 5. The van der Waals surface area contributed by atoms with E-state index in [9.17, 15) is 0 Å². The average molecular weight is 281 g/mol.